The van der Waals surface area contributed by atoms with Crippen LogP contribution in [0.3, 0.4) is 0 Å². The number of pyridine rings is 3. The molecule has 6 aromatic rings. The van der Waals surface area contributed by atoms with Gasteiger partial charge in [-0.05, 0) is 94.3 Å². The Morgan fingerprint density at radius 1 is 0.452 bits per heavy atom. The maximum Gasteiger partial charge on any atom is 0.0716 e. The summed E-state index contributed by atoms with van der Waals surface area (Å²) in [6, 6.07) is 37.5. The third-order valence-electron chi connectivity index (χ3n) is 9.26. The van der Waals surface area contributed by atoms with Crippen LogP contribution < -0.4 is 0 Å². The molecule has 0 amide bonds. The molecule has 3 nitrogen and oxygen atoms in total. The molecule has 0 atom stereocenters. The van der Waals surface area contributed by atoms with Gasteiger partial charge in [0.15, 0.2) is 0 Å². The number of fused-ring (bicyclic) bond motifs is 5. The van der Waals surface area contributed by atoms with Crippen molar-refractivity contribution in [2.75, 3.05) is 0 Å². The first-order valence-electron chi connectivity index (χ1n) is 15.0. The Labute approximate surface area is 247 Å². The molecule has 8 rings (SSSR count). The normalized spacial score (nSPS) is 14.9. The Kier molecular flexibility index (Phi) is 6.03. The largest absolute Gasteiger partial charge is 0.265 e. The zero-order valence-electron chi connectivity index (χ0n) is 23.5. The third kappa shape index (κ3) is 4.16. The van der Waals surface area contributed by atoms with E-state index in [9.17, 15) is 0 Å². The van der Waals surface area contributed by atoms with Gasteiger partial charge < -0.3 is 0 Å². The number of nitrogens with zero attached hydrogens (tertiary/aromatic N) is 3. The summed E-state index contributed by atoms with van der Waals surface area (Å²) in [6.45, 7) is 0. The molecule has 0 unspecified atom stereocenters. The summed E-state index contributed by atoms with van der Waals surface area (Å²) in [5.41, 5.74) is 14.7. The van der Waals surface area contributed by atoms with Crippen LogP contribution in [0.25, 0.3) is 55.9 Å². The molecular weight excluding hydrogens is 510 g/mol. The molecule has 202 valence electrons. The first-order valence-corrected chi connectivity index (χ1v) is 15.0. The molecule has 42 heavy (non-hydrogen) atoms. The van der Waals surface area contributed by atoms with E-state index in [2.05, 4.69) is 94.9 Å². The van der Waals surface area contributed by atoms with Crippen LogP contribution in [-0.2, 0) is 5.41 Å². The van der Waals surface area contributed by atoms with Gasteiger partial charge in [0, 0.05) is 46.9 Å². The van der Waals surface area contributed by atoms with E-state index in [-0.39, 0.29) is 5.41 Å². The van der Waals surface area contributed by atoms with E-state index in [4.69, 9.17) is 4.98 Å². The minimum Gasteiger partial charge on any atom is -0.265 e. The number of aromatic nitrogens is 3. The van der Waals surface area contributed by atoms with E-state index in [1.165, 1.54) is 65.5 Å². The molecular formula is C39H31N3. The molecule has 2 aliphatic carbocycles. The van der Waals surface area contributed by atoms with Crippen LogP contribution in [0.15, 0.2) is 128 Å². The zero-order chi connectivity index (χ0) is 27.9. The standard InChI is InChI=1S/C39H31N3/c1-4-17-39(18-5-1)35-12-3-2-11-33(35)34-14-13-29(23-36(34)39)28-8-6-9-30(22-28)38-25-32(31-10-7-19-41-26-31)24-37(42-38)27-15-20-40-21-16-27/h2-3,6-16,19-26H,1,4-5,17-18H2. The van der Waals surface area contributed by atoms with Crippen molar-refractivity contribution in [1.29, 1.82) is 0 Å². The molecule has 3 aromatic carbocycles. The van der Waals surface area contributed by atoms with Crippen LogP contribution >= 0.6 is 0 Å². The lowest BCUT2D eigenvalue weighted by atomic mass is 9.67. The summed E-state index contributed by atoms with van der Waals surface area (Å²) in [5, 5.41) is 0. The van der Waals surface area contributed by atoms with Crippen molar-refractivity contribution in [3.63, 3.8) is 0 Å². The lowest BCUT2D eigenvalue weighted by Crippen LogP contribution is -2.28. The second-order valence-electron chi connectivity index (χ2n) is 11.6. The second-order valence-corrected chi connectivity index (χ2v) is 11.6. The smallest absolute Gasteiger partial charge is 0.0716 e. The summed E-state index contributed by atoms with van der Waals surface area (Å²) in [6.07, 6.45) is 13.8. The molecule has 0 bridgehead atoms. The van der Waals surface area contributed by atoms with E-state index in [1.807, 2.05) is 43.0 Å². The fraction of sp³-hybridized carbons (Fsp3) is 0.154. The van der Waals surface area contributed by atoms with Crippen molar-refractivity contribution in [3.8, 4) is 55.9 Å². The number of rotatable bonds is 4. The SMILES string of the molecule is c1cncc(-c2cc(-c3ccncc3)nc(-c3cccc(-c4ccc5c(c4)C4(CCCCC4)c4ccccc4-5)c3)c2)c1. The minimum atomic E-state index is 0.150. The Morgan fingerprint density at radius 2 is 1.19 bits per heavy atom. The van der Waals surface area contributed by atoms with Crippen molar-refractivity contribution in [1.82, 2.24) is 15.0 Å². The highest BCUT2D eigenvalue weighted by Gasteiger charge is 2.43. The molecule has 1 saturated carbocycles. The quantitative estimate of drug-likeness (QED) is 0.223. The summed E-state index contributed by atoms with van der Waals surface area (Å²) in [5.74, 6) is 0. The number of benzene rings is 3. The van der Waals surface area contributed by atoms with Crippen LogP contribution in [0.4, 0.5) is 0 Å². The minimum absolute atomic E-state index is 0.150. The fourth-order valence-electron chi connectivity index (χ4n) is 7.24. The predicted molar refractivity (Wildman–Crippen MR) is 171 cm³/mol. The summed E-state index contributed by atoms with van der Waals surface area (Å²) < 4.78 is 0. The van der Waals surface area contributed by atoms with Gasteiger partial charge in [0.05, 0.1) is 11.4 Å². The van der Waals surface area contributed by atoms with Gasteiger partial charge in [-0.3, -0.25) is 9.97 Å². The van der Waals surface area contributed by atoms with Gasteiger partial charge in [-0.2, -0.15) is 0 Å². The molecule has 3 heterocycles. The van der Waals surface area contributed by atoms with E-state index < -0.39 is 0 Å². The fourth-order valence-corrected chi connectivity index (χ4v) is 7.24. The molecule has 0 N–H and O–H groups in total. The van der Waals surface area contributed by atoms with Crippen LogP contribution in [0.2, 0.25) is 0 Å². The summed E-state index contributed by atoms with van der Waals surface area (Å²) in [7, 11) is 0. The Balaban J connectivity index is 1.24. The highest BCUT2D eigenvalue weighted by atomic mass is 14.7. The monoisotopic (exact) mass is 541 g/mol. The lowest BCUT2D eigenvalue weighted by molar-refractivity contribution is 0.353. The summed E-state index contributed by atoms with van der Waals surface area (Å²) in [4.78, 5) is 13.7. The Bertz CT molecular complexity index is 1850. The predicted octanol–water partition coefficient (Wildman–Crippen LogP) is 9.77. The molecule has 2 aliphatic rings. The van der Waals surface area contributed by atoms with Gasteiger partial charge in [0.1, 0.15) is 0 Å². The molecule has 0 radical (unpaired) electrons. The highest BCUT2D eigenvalue weighted by molar-refractivity contribution is 5.85. The summed E-state index contributed by atoms with van der Waals surface area (Å²) >= 11 is 0. The van der Waals surface area contributed by atoms with Crippen molar-refractivity contribution in [3.05, 3.63) is 139 Å². The zero-order valence-corrected chi connectivity index (χ0v) is 23.5. The highest BCUT2D eigenvalue weighted by Crippen LogP contribution is 2.56. The molecule has 0 saturated heterocycles. The Hall–Kier alpha value is -4.89. The lowest BCUT2D eigenvalue weighted by Gasteiger charge is -2.36. The molecule has 3 aromatic heterocycles. The van der Waals surface area contributed by atoms with Gasteiger partial charge >= 0.3 is 0 Å². The van der Waals surface area contributed by atoms with E-state index >= 15 is 0 Å². The van der Waals surface area contributed by atoms with Crippen LogP contribution in [0.5, 0.6) is 0 Å². The van der Waals surface area contributed by atoms with Crippen molar-refractivity contribution >= 4 is 0 Å². The number of hydrogen-bond donors (Lipinski definition) is 0. The first-order chi connectivity index (χ1) is 20.8. The molecule has 1 fully saturated rings. The second kappa shape index (κ2) is 10.2. The maximum atomic E-state index is 5.14. The topological polar surface area (TPSA) is 38.7 Å². The van der Waals surface area contributed by atoms with Gasteiger partial charge in [0.2, 0.25) is 0 Å². The van der Waals surface area contributed by atoms with E-state index in [0.29, 0.717) is 0 Å². The molecule has 3 heteroatoms. The average molecular weight is 542 g/mol. The third-order valence-corrected chi connectivity index (χ3v) is 9.26. The average Bonchev–Trinajstić information content (AvgIpc) is 3.34. The Morgan fingerprint density at radius 3 is 2.02 bits per heavy atom. The number of hydrogen-bond acceptors (Lipinski definition) is 3. The molecule has 0 aliphatic heterocycles. The first kappa shape index (κ1) is 24.9. The van der Waals surface area contributed by atoms with Gasteiger partial charge in [-0.1, -0.05) is 79.9 Å². The van der Waals surface area contributed by atoms with E-state index in [0.717, 1.165) is 33.6 Å². The molecule has 1 spiro atoms. The van der Waals surface area contributed by atoms with E-state index in [1.54, 1.807) is 0 Å². The van der Waals surface area contributed by atoms with Crippen molar-refractivity contribution in [2.45, 2.75) is 37.5 Å². The van der Waals surface area contributed by atoms with Crippen molar-refractivity contribution < 1.29 is 0 Å². The van der Waals surface area contributed by atoms with Gasteiger partial charge in [-0.25, -0.2) is 4.98 Å². The van der Waals surface area contributed by atoms with Gasteiger partial charge in [0.25, 0.3) is 0 Å². The van der Waals surface area contributed by atoms with Crippen LogP contribution in [0, 0.1) is 0 Å². The van der Waals surface area contributed by atoms with Crippen LogP contribution in [-0.4, -0.2) is 15.0 Å². The van der Waals surface area contributed by atoms with Crippen molar-refractivity contribution in [2.24, 2.45) is 0 Å². The van der Waals surface area contributed by atoms with Gasteiger partial charge in [-0.15, -0.1) is 0 Å². The maximum absolute atomic E-state index is 5.14. The van der Waals surface area contributed by atoms with Crippen LogP contribution in [0.1, 0.15) is 43.2 Å².